The van der Waals surface area contributed by atoms with Crippen molar-refractivity contribution in [3.05, 3.63) is 71.5 Å². The summed E-state index contributed by atoms with van der Waals surface area (Å²) in [6.45, 7) is 0. The molecule has 0 saturated heterocycles. The molecular formula is C18H11ClN4OS. The van der Waals surface area contributed by atoms with E-state index in [0.29, 0.717) is 20.9 Å². The van der Waals surface area contributed by atoms with Crippen molar-refractivity contribution in [2.45, 2.75) is 0 Å². The predicted molar refractivity (Wildman–Crippen MR) is 100 cm³/mol. The molecule has 4 rings (SSSR count). The Labute approximate surface area is 152 Å². The maximum absolute atomic E-state index is 12.6. The highest BCUT2D eigenvalue weighted by Gasteiger charge is 2.15. The van der Waals surface area contributed by atoms with Crippen LogP contribution in [0.5, 0.6) is 0 Å². The Balaban J connectivity index is 1.61. The second kappa shape index (κ2) is 6.58. The van der Waals surface area contributed by atoms with Crippen LogP contribution in [0.4, 0.5) is 5.13 Å². The molecule has 7 heteroatoms. The maximum atomic E-state index is 12.6. The monoisotopic (exact) mass is 366 g/mol. The lowest BCUT2D eigenvalue weighted by Gasteiger charge is -2.04. The maximum Gasteiger partial charge on any atom is 0.276 e. The number of carbonyl (C=O) groups excluding carboxylic acids is 1. The summed E-state index contributed by atoms with van der Waals surface area (Å²) in [7, 11) is 0. The number of hydrogen-bond donors (Lipinski definition) is 1. The first-order chi connectivity index (χ1) is 12.2. The van der Waals surface area contributed by atoms with Crippen LogP contribution in [-0.4, -0.2) is 21.1 Å². The third kappa shape index (κ3) is 3.22. The van der Waals surface area contributed by atoms with Crippen molar-refractivity contribution >= 4 is 44.7 Å². The molecule has 122 valence electrons. The van der Waals surface area contributed by atoms with Gasteiger partial charge in [-0.2, -0.15) is 0 Å². The van der Waals surface area contributed by atoms with Gasteiger partial charge >= 0.3 is 0 Å². The Kier molecular flexibility index (Phi) is 4.13. The number of nitrogens with one attached hydrogen (secondary N) is 1. The number of halogens is 1. The fourth-order valence-corrected chi connectivity index (χ4v) is 3.39. The van der Waals surface area contributed by atoms with Crippen molar-refractivity contribution in [3.63, 3.8) is 0 Å². The van der Waals surface area contributed by atoms with Crippen molar-refractivity contribution in [3.8, 4) is 10.6 Å². The zero-order valence-electron chi connectivity index (χ0n) is 12.8. The molecule has 1 amide bonds. The first kappa shape index (κ1) is 15.7. The van der Waals surface area contributed by atoms with Gasteiger partial charge in [0.25, 0.3) is 5.91 Å². The van der Waals surface area contributed by atoms with E-state index in [9.17, 15) is 4.79 Å². The second-order valence-electron chi connectivity index (χ2n) is 5.26. The van der Waals surface area contributed by atoms with Crippen LogP contribution in [0.2, 0.25) is 5.02 Å². The van der Waals surface area contributed by atoms with E-state index >= 15 is 0 Å². The molecule has 2 aromatic carbocycles. The van der Waals surface area contributed by atoms with Gasteiger partial charge in [0.2, 0.25) is 5.13 Å². The summed E-state index contributed by atoms with van der Waals surface area (Å²) in [5.41, 5.74) is 1.21. The largest absolute Gasteiger partial charge is 0.295 e. The number of hydrogen-bond acceptors (Lipinski definition) is 5. The Hall–Kier alpha value is -2.83. The quantitative estimate of drug-likeness (QED) is 0.572. The number of anilines is 1. The van der Waals surface area contributed by atoms with Crippen molar-refractivity contribution in [1.82, 2.24) is 15.2 Å². The van der Waals surface area contributed by atoms with Gasteiger partial charge in [0, 0.05) is 22.2 Å². The van der Waals surface area contributed by atoms with Crippen LogP contribution in [0.3, 0.4) is 0 Å². The van der Waals surface area contributed by atoms with Gasteiger partial charge in [-0.1, -0.05) is 59.3 Å². The van der Waals surface area contributed by atoms with Gasteiger partial charge in [-0.25, -0.2) is 0 Å². The van der Waals surface area contributed by atoms with E-state index in [0.717, 1.165) is 16.3 Å². The minimum atomic E-state index is -0.314. The van der Waals surface area contributed by atoms with Gasteiger partial charge < -0.3 is 0 Å². The number of pyridine rings is 1. The minimum Gasteiger partial charge on any atom is -0.295 e. The van der Waals surface area contributed by atoms with E-state index in [-0.39, 0.29) is 5.91 Å². The summed E-state index contributed by atoms with van der Waals surface area (Å²) in [4.78, 5) is 16.8. The highest BCUT2D eigenvalue weighted by Crippen LogP contribution is 2.28. The predicted octanol–water partition coefficient (Wildman–Crippen LogP) is 4.66. The molecule has 0 aliphatic heterocycles. The van der Waals surface area contributed by atoms with E-state index in [1.807, 2.05) is 42.5 Å². The highest BCUT2D eigenvalue weighted by molar-refractivity contribution is 7.18. The van der Waals surface area contributed by atoms with Gasteiger partial charge in [-0.05, 0) is 23.6 Å². The molecule has 0 atom stereocenters. The van der Waals surface area contributed by atoms with Crippen LogP contribution in [-0.2, 0) is 0 Å². The van der Waals surface area contributed by atoms with Crippen LogP contribution in [0.15, 0.2) is 60.8 Å². The normalized spacial score (nSPS) is 10.8. The van der Waals surface area contributed by atoms with Crippen molar-refractivity contribution in [1.29, 1.82) is 0 Å². The average molecular weight is 367 g/mol. The second-order valence-corrected chi connectivity index (χ2v) is 6.67. The fourth-order valence-electron chi connectivity index (χ4n) is 2.47. The average Bonchev–Trinajstić information content (AvgIpc) is 3.10. The molecule has 1 N–H and O–H groups in total. The van der Waals surface area contributed by atoms with Crippen molar-refractivity contribution < 1.29 is 4.79 Å². The first-order valence-electron chi connectivity index (χ1n) is 7.45. The van der Waals surface area contributed by atoms with Crippen LogP contribution in [0.1, 0.15) is 10.5 Å². The van der Waals surface area contributed by atoms with E-state index in [1.165, 1.54) is 11.3 Å². The smallest absolute Gasteiger partial charge is 0.276 e. The number of rotatable bonds is 3. The third-order valence-electron chi connectivity index (χ3n) is 3.61. The molecule has 0 fully saturated rings. The molecule has 2 heterocycles. The molecular weight excluding hydrogens is 356 g/mol. The lowest BCUT2D eigenvalue weighted by atomic mass is 10.1. The van der Waals surface area contributed by atoms with Gasteiger partial charge in [-0.3, -0.25) is 15.1 Å². The molecule has 0 saturated carbocycles. The highest BCUT2D eigenvalue weighted by atomic mass is 35.5. The summed E-state index contributed by atoms with van der Waals surface area (Å²) < 4.78 is 0. The Morgan fingerprint density at radius 2 is 1.92 bits per heavy atom. The van der Waals surface area contributed by atoms with Gasteiger partial charge in [0.05, 0.1) is 0 Å². The molecule has 25 heavy (non-hydrogen) atoms. The molecule has 0 aliphatic carbocycles. The number of carbonyl (C=O) groups is 1. The summed E-state index contributed by atoms with van der Waals surface area (Å²) in [6.07, 6.45) is 1.62. The van der Waals surface area contributed by atoms with Gasteiger partial charge in [0.15, 0.2) is 0 Å². The summed E-state index contributed by atoms with van der Waals surface area (Å²) >= 11 is 7.28. The number of amides is 1. The Morgan fingerprint density at radius 3 is 2.80 bits per heavy atom. The topological polar surface area (TPSA) is 67.8 Å². The number of nitrogens with zero attached hydrogens (tertiary/aromatic N) is 3. The van der Waals surface area contributed by atoms with E-state index in [2.05, 4.69) is 20.5 Å². The zero-order chi connectivity index (χ0) is 17.2. The number of aromatic nitrogens is 3. The van der Waals surface area contributed by atoms with Crippen LogP contribution >= 0.6 is 22.9 Å². The minimum absolute atomic E-state index is 0.314. The van der Waals surface area contributed by atoms with Crippen LogP contribution in [0, 0.1) is 0 Å². The third-order valence-corrected chi connectivity index (χ3v) is 4.73. The van der Waals surface area contributed by atoms with E-state index < -0.39 is 0 Å². The summed E-state index contributed by atoms with van der Waals surface area (Å²) in [6, 6.07) is 16.8. The standard InChI is InChI=1S/C18H11ClN4OS/c19-13-6-3-5-12(10-13)17-22-23-18(25-17)21-16(24)15-14-7-2-1-4-11(14)8-9-20-15/h1-10H,(H,21,23,24). The number of fused-ring (bicyclic) bond motifs is 1. The van der Waals surface area contributed by atoms with Crippen molar-refractivity contribution in [2.75, 3.05) is 5.32 Å². The molecule has 0 aliphatic rings. The van der Waals surface area contributed by atoms with Gasteiger partial charge in [-0.15, -0.1) is 10.2 Å². The lowest BCUT2D eigenvalue weighted by Crippen LogP contribution is -2.13. The van der Waals surface area contributed by atoms with Gasteiger partial charge in [0.1, 0.15) is 10.7 Å². The molecule has 2 aromatic heterocycles. The van der Waals surface area contributed by atoms with Crippen molar-refractivity contribution in [2.24, 2.45) is 0 Å². The Morgan fingerprint density at radius 1 is 1.04 bits per heavy atom. The SMILES string of the molecule is O=C(Nc1nnc(-c2cccc(Cl)c2)s1)c1nccc2ccccc12. The van der Waals surface area contributed by atoms with E-state index in [4.69, 9.17) is 11.6 Å². The Bertz CT molecular complexity index is 1070. The fraction of sp³-hybridized carbons (Fsp3) is 0. The van der Waals surface area contributed by atoms with Crippen LogP contribution < -0.4 is 5.32 Å². The van der Waals surface area contributed by atoms with Crippen LogP contribution in [0.25, 0.3) is 21.3 Å². The molecule has 5 nitrogen and oxygen atoms in total. The summed E-state index contributed by atoms with van der Waals surface area (Å²) in [5, 5.41) is 14.4. The molecule has 0 bridgehead atoms. The molecule has 0 radical (unpaired) electrons. The molecule has 0 spiro atoms. The lowest BCUT2D eigenvalue weighted by molar-refractivity contribution is 0.102. The zero-order valence-corrected chi connectivity index (χ0v) is 14.4. The summed E-state index contributed by atoms with van der Waals surface area (Å²) in [5.74, 6) is -0.314. The first-order valence-corrected chi connectivity index (χ1v) is 8.65. The van der Waals surface area contributed by atoms with E-state index in [1.54, 1.807) is 18.3 Å². The molecule has 4 aromatic rings. The number of benzene rings is 2. The molecule has 0 unspecified atom stereocenters.